The monoisotopic (exact) mass is 524 g/mol. The molecule has 0 saturated carbocycles. The van der Waals surface area contributed by atoms with Crippen LogP contribution in [0.25, 0.3) is 0 Å². The van der Waals surface area contributed by atoms with Crippen molar-refractivity contribution in [3.8, 4) is 0 Å². The topological polar surface area (TPSA) is 75.7 Å². The zero-order valence-corrected chi connectivity index (χ0v) is 21.3. The van der Waals surface area contributed by atoms with Crippen molar-refractivity contribution in [2.24, 2.45) is 5.92 Å². The third kappa shape index (κ3) is 5.77. The molecule has 2 fully saturated rings. The maximum Gasteiger partial charge on any atom is 0.223 e. The molecule has 4 rings (SSSR count). The first-order chi connectivity index (χ1) is 16.3. The van der Waals surface area contributed by atoms with E-state index in [4.69, 9.17) is 27.9 Å². The van der Waals surface area contributed by atoms with Crippen LogP contribution in [0.15, 0.2) is 48.5 Å². The summed E-state index contributed by atoms with van der Waals surface area (Å²) in [6.07, 6.45) is 2.70. The molecule has 0 bridgehead atoms. The second kappa shape index (κ2) is 11.0. The summed E-state index contributed by atoms with van der Waals surface area (Å²) in [4.78, 5) is 13.0. The van der Waals surface area contributed by atoms with Crippen LogP contribution in [-0.2, 0) is 30.7 Å². The van der Waals surface area contributed by atoms with E-state index in [2.05, 4.69) is 17.4 Å². The molecule has 2 aromatic carbocycles. The minimum Gasteiger partial charge on any atom is -0.381 e. The van der Waals surface area contributed by atoms with Gasteiger partial charge in [-0.2, -0.15) is 0 Å². The van der Waals surface area contributed by atoms with Gasteiger partial charge >= 0.3 is 0 Å². The molecule has 9 heteroatoms. The Balaban J connectivity index is 1.34. The van der Waals surface area contributed by atoms with E-state index >= 15 is 0 Å². The summed E-state index contributed by atoms with van der Waals surface area (Å²) >= 11 is 12.3. The first kappa shape index (κ1) is 25.5. The molecule has 1 N–H and O–H groups in total. The van der Waals surface area contributed by atoms with Gasteiger partial charge in [0.25, 0.3) is 0 Å². The van der Waals surface area contributed by atoms with Crippen molar-refractivity contribution < 1.29 is 17.9 Å². The molecule has 2 saturated heterocycles. The lowest BCUT2D eigenvalue weighted by Gasteiger charge is -2.38. The average Bonchev–Trinajstić information content (AvgIpc) is 2.86. The van der Waals surface area contributed by atoms with E-state index in [0.29, 0.717) is 61.3 Å². The molecule has 6 nitrogen and oxygen atoms in total. The van der Waals surface area contributed by atoms with Crippen molar-refractivity contribution in [1.29, 1.82) is 0 Å². The average molecular weight is 525 g/mol. The van der Waals surface area contributed by atoms with E-state index < -0.39 is 10.0 Å². The van der Waals surface area contributed by atoms with Gasteiger partial charge in [0.05, 0.1) is 5.75 Å². The van der Waals surface area contributed by atoms with Gasteiger partial charge in [-0.25, -0.2) is 12.7 Å². The molecule has 2 aliphatic heterocycles. The summed E-state index contributed by atoms with van der Waals surface area (Å²) < 4.78 is 33.0. The molecule has 1 amide bonds. The van der Waals surface area contributed by atoms with Crippen LogP contribution in [-0.4, -0.2) is 51.5 Å². The molecular weight excluding hydrogens is 495 g/mol. The van der Waals surface area contributed by atoms with E-state index in [9.17, 15) is 13.2 Å². The lowest BCUT2D eigenvalue weighted by molar-refractivity contribution is -0.126. The van der Waals surface area contributed by atoms with Crippen molar-refractivity contribution >= 4 is 39.1 Å². The highest BCUT2D eigenvalue weighted by Gasteiger charge is 2.36. The van der Waals surface area contributed by atoms with Gasteiger partial charge < -0.3 is 10.1 Å². The smallest absolute Gasteiger partial charge is 0.223 e. The second-order valence-electron chi connectivity index (χ2n) is 9.11. The molecule has 0 unspecified atom stereocenters. The van der Waals surface area contributed by atoms with Crippen molar-refractivity contribution in [1.82, 2.24) is 9.62 Å². The predicted octanol–water partition coefficient (Wildman–Crippen LogP) is 4.40. The van der Waals surface area contributed by atoms with Crippen LogP contribution < -0.4 is 5.32 Å². The SMILES string of the molecule is O=C(NCC1(c2ccccc2)CCOCC1)C1CCN(S(=O)(=O)Cc2c(Cl)cccc2Cl)CC1. The maximum absolute atomic E-state index is 13.0. The van der Waals surface area contributed by atoms with Crippen LogP contribution in [0.5, 0.6) is 0 Å². The molecule has 184 valence electrons. The van der Waals surface area contributed by atoms with Crippen LogP contribution in [0.3, 0.4) is 0 Å². The molecule has 0 atom stereocenters. The van der Waals surface area contributed by atoms with Gasteiger partial charge in [-0.05, 0) is 43.4 Å². The van der Waals surface area contributed by atoms with Gasteiger partial charge in [0, 0.05) is 59.8 Å². The number of hydrogen-bond donors (Lipinski definition) is 1. The van der Waals surface area contributed by atoms with Crippen molar-refractivity contribution in [3.05, 3.63) is 69.7 Å². The number of halogens is 2. The number of carbonyl (C=O) groups is 1. The Labute approximate surface area is 211 Å². The van der Waals surface area contributed by atoms with E-state index in [-0.39, 0.29) is 23.0 Å². The molecule has 0 aliphatic carbocycles. The minimum absolute atomic E-state index is 0.00649. The summed E-state index contributed by atoms with van der Waals surface area (Å²) in [5.74, 6) is -0.458. The standard InChI is InChI=1S/C25H30Cl2N2O4S/c26-22-7-4-8-23(27)21(22)17-34(31,32)29-13-9-19(10-14-29)24(30)28-18-25(11-15-33-16-12-25)20-5-2-1-3-6-20/h1-8,19H,9-18H2,(H,28,30). The van der Waals surface area contributed by atoms with Gasteiger partial charge in [-0.1, -0.05) is 59.6 Å². The van der Waals surface area contributed by atoms with Crippen molar-refractivity contribution in [2.45, 2.75) is 36.9 Å². The molecule has 0 spiro atoms. The van der Waals surface area contributed by atoms with Crippen LogP contribution in [0.2, 0.25) is 10.0 Å². The Morgan fingerprint density at radius 1 is 1.00 bits per heavy atom. The highest BCUT2D eigenvalue weighted by atomic mass is 35.5. The van der Waals surface area contributed by atoms with Crippen LogP contribution >= 0.6 is 23.2 Å². The number of sulfonamides is 1. The van der Waals surface area contributed by atoms with Gasteiger partial charge in [0.15, 0.2) is 0 Å². The Morgan fingerprint density at radius 3 is 2.24 bits per heavy atom. The number of rotatable bonds is 7. The fourth-order valence-electron chi connectivity index (χ4n) is 4.86. The predicted molar refractivity (Wildman–Crippen MR) is 135 cm³/mol. The highest BCUT2D eigenvalue weighted by Crippen LogP contribution is 2.34. The molecule has 2 heterocycles. The van der Waals surface area contributed by atoms with Gasteiger partial charge in [-0.15, -0.1) is 0 Å². The second-order valence-corrected chi connectivity index (χ2v) is 11.9. The van der Waals surface area contributed by atoms with Crippen molar-refractivity contribution in [3.63, 3.8) is 0 Å². The summed E-state index contributed by atoms with van der Waals surface area (Å²) in [5.41, 5.74) is 1.50. The highest BCUT2D eigenvalue weighted by molar-refractivity contribution is 7.88. The van der Waals surface area contributed by atoms with Crippen molar-refractivity contribution in [2.75, 3.05) is 32.8 Å². The molecule has 34 heavy (non-hydrogen) atoms. The first-order valence-electron chi connectivity index (χ1n) is 11.6. The van der Waals surface area contributed by atoms with Gasteiger partial charge in [-0.3, -0.25) is 4.79 Å². The number of hydrogen-bond acceptors (Lipinski definition) is 4. The third-order valence-electron chi connectivity index (χ3n) is 7.04. The number of benzene rings is 2. The Morgan fingerprint density at radius 2 is 1.62 bits per heavy atom. The zero-order valence-electron chi connectivity index (χ0n) is 19.0. The van der Waals surface area contributed by atoms with E-state index in [1.165, 1.54) is 9.87 Å². The molecule has 0 radical (unpaired) electrons. The lowest BCUT2D eigenvalue weighted by Crippen LogP contribution is -2.48. The lowest BCUT2D eigenvalue weighted by atomic mass is 9.74. The third-order valence-corrected chi connectivity index (χ3v) is 9.56. The Bertz CT molecular complexity index is 1080. The van der Waals surface area contributed by atoms with E-state index in [0.717, 1.165) is 12.8 Å². The van der Waals surface area contributed by atoms with Crippen LogP contribution in [0.4, 0.5) is 0 Å². The van der Waals surface area contributed by atoms with Crippen LogP contribution in [0.1, 0.15) is 36.8 Å². The largest absolute Gasteiger partial charge is 0.381 e. The normalized spacial score (nSPS) is 19.6. The summed E-state index contributed by atoms with van der Waals surface area (Å²) in [6, 6.07) is 15.2. The maximum atomic E-state index is 13.0. The number of nitrogens with zero attached hydrogens (tertiary/aromatic N) is 1. The molecule has 0 aromatic heterocycles. The number of nitrogens with one attached hydrogen (secondary N) is 1. The fraction of sp³-hybridized carbons (Fsp3) is 0.480. The first-order valence-corrected chi connectivity index (χ1v) is 14.0. The van der Waals surface area contributed by atoms with E-state index in [1.807, 2.05) is 18.2 Å². The summed E-state index contributed by atoms with van der Waals surface area (Å²) in [5, 5.41) is 3.85. The number of piperidine rings is 1. The minimum atomic E-state index is -3.59. The molecule has 2 aromatic rings. The van der Waals surface area contributed by atoms with Crippen LogP contribution in [0, 0.1) is 5.92 Å². The number of ether oxygens (including phenoxy) is 1. The Kier molecular flexibility index (Phi) is 8.20. The Hall–Kier alpha value is -1.64. The van der Waals surface area contributed by atoms with Gasteiger partial charge in [0.2, 0.25) is 15.9 Å². The fourth-order valence-corrected chi connectivity index (χ4v) is 7.18. The molecular formula is C25H30Cl2N2O4S. The zero-order chi connectivity index (χ0) is 24.2. The van der Waals surface area contributed by atoms with E-state index in [1.54, 1.807) is 18.2 Å². The van der Waals surface area contributed by atoms with Gasteiger partial charge in [0.1, 0.15) is 0 Å². The number of amides is 1. The number of carbonyl (C=O) groups excluding carboxylic acids is 1. The quantitative estimate of drug-likeness (QED) is 0.582. The summed E-state index contributed by atoms with van der Waals surface area (Å²) in [7, 11) is -3.59. The summed E-state index contributed by atoms with van der Waals surface area (Å²) in [6.45, 7) is 2.52. The molecule has 2 aliphatic rings.